The number of alkyl halides is 2. The number of carbonyl (C=O) groups excluding carboxylic acids is 1. The molecule has 1 aromatic carbocycles. The standard InChI is InChI=1S/C12H15F2NO2S/c1-12(2,3)17-11(16)15-8-6-4-5-7-9(8)18-10(13)14/h4-7,10H,1-3H3,(H,15,16). The molecule has 0 fully saturated rings. The van der Waals surface area contributed by atoms with Crippen LogP contribution in [0.2, 0.25) is 0 Å². The van der Waals surface area contributed by atoms with Gasteiger partial charge in [-0.05, 0) is 32.9 Å². The molecule has 0 aliphatic rings. The van der Waals surface area contributed by atoms with E-state index in [2.05, 4.69) is 5.32 Å². The van der Waals surface area contributed by atoms with E-state index in [1.807, 2.05) is 0 Å². The number of benzene rings is 1. The number of thioether (sulfide) groups is 1. The third-order valence-corrected chi connectivity index (χ3v) is 2.53. The van der Waals surface area contributed by atoms with Crippen molar-refractivity contribution in [3.05, 3.63) is 24.3 Å². The van der Waals surface area contributed by atoms with E-state index in [1.165, 1.54) is 6.07 Å². The first-order valence-corrected chi connectivity index (χ1v) is 6.20. The maximum atomic E-state index is 12.3. The van der Waals surface area contributed by atoms with E-state index in [0.29, 0.717) is 22.3 Å². The average molecular weight is 275 g/mol. The number of ether oxygens (including phenoxy) is 1. The van der Waals surface area contributed by atoms with Crippen LogP contribution in [-0.2, 0) is 4.74 Å². The van der Waals surface area contributed by atoms with Gasteiger partial charge in [-0.2, -0.15) is 8.78 Å². The molecule has 0 radical (unpaired) electrons. The lowest BCUT2D eigenvalue weighted by Crippen LogP contribution is -2.27. The zero-order valence-corrected chi connectivity index (χ0v) is 11.2. The topological polar surface area (TPSA) is 38.3 Å². The fourth-order valence-corrected chi connectivity index (χ4v) is 1.78. The molecule has 0 saturated heterocycles. The lowest BCUT2D eigenvalue weighted by Gasteiger charge is -2.20. The Hall–Kier alpha value is -1.30. The highest BCUT2D eigenvalue weighted by Crippen LogP contribution is 2.31. The van der Waals surface area contributed by atoms with Crippen LogP contribution in [0.5, 0.6) is 0 Å². The van der Waals surface area contributed by atoms with Crippen molar-refractivity contribution in [3.8, 4) is 0 Å². The van der Waals surface area contributed by atoms with Crippen LogP contribution < -0.4 is 5.32 Å². The number of carbonyl (C=O) groups is 1. The molecule has 0 bridgehead atoms. The molecule has 3 nitrogen and oxygen atoms in total. The Balaban J connectivity index is 2.75. The quantitative estimate of drug-likeness (QED) is 0.833. The zero-order chi connectivity index (χ0) is 13.8. The van der Waals surface area contributed by atoms with Gasteiger partial charge in [0.2, 0.25) is 0 Å². The molecule has 1 rings (SSSR count). The third kappa shape index (κ3) is 5.35. The highest BCUT2D eigenvalue weighted by atomic mass is 32.2. The fourth-order valence-electron chi connectivity index (χ4n) is 1.18. The number of hydrogen-bond acceptors (Lipinski definition) is 3. The van der Waals surface area contributed by atoms with Crippen molar-refractivity contribution in [3.63, 3.8) is 0 Å². The Morgan fingerprint density at radius 2 is 1.94 bits per heavy atom. The van der Waals surface area contributed by atoms with Gasteiger partial charge in [0.15, 0.2) is 0 Å². The molecule has 0 heterocycles. The summed E-state index contributed by atoms with van der Waals surface area (Å²) in [6.45, 7) is 5.19. The Morgan fingerprint density at radius 1 is 1.33 bits per heavy atom. The molecule has 1 N–H and O–H groups in total. The van der Waals surface area contributed by atoms with Gasteiger partial charge in [-0.25, -0.2) is 4.79 Å². The lowest BCUT2D eigenvalue weighted by atomic mass is 10.2. The maximum Gasteiger partial charge on any atom is 0.412 e. The summed E-state index contributed by atoms with van der Waals surface area (Å²) in [4.78, 5) is 11.8. The van der Waals surface area contributed by atoms with Gasteiger partial charge in [-0.15, -0.1) is 0 Å². The van der Waals surface area contributed by atoms with E-state index in [-0.39, 0.29) is 0 Å². The van der Waals surface area contributed by atoms with Gasteiger partial charge in [0, 0.05) is 4.90 Å². The summed E-state index contributed by atoms with van der Waals surface area (Å²) >= 11 is 0.381. The summed E-state index contributed by atoms with van der Waals surface area (Å²) in [5, 5.41) is 2.46. The van der Waals surface area contributed by atoms with E-state index in [4.69, 9.17) is 4.74 Å². The molecule has 0 aromatic heterocycles. The molecule has 100 valence electrons. The predicted octanol–water partition coefficient (Wildman–Crippen LogP) is 4.35. The summed E-state index contributed by atoms with van der Waals surface area (Å²) in [7, 11) is 0. The van der Waals surface area contributed by atoms with Crippen LogP contribution in [-0.4, -0.2) is 17.5 Å². The van der Waals surface area contributed by atoms with E-state index in [0.717, 1.165) is 0 Å². The molecular formula is C12H15F2NO2S. The number of hydrogen-bond donors (Lipinski definition) is 1. The van der Waals surface area contributed by atoms with Gasteiger partial charge >= 0.3 is 6.09 Å². The SMILES string of the molecule is CC(C)(C)OC(=O)Nc1ccccc1SC(F)F. The first-order chi connectivity index (χ1) is 8.28. The summed E-state index contributed by atoms with van der Waals surface area (Å²) < 4.78 is 29.7. The molecule has 0 saturated carbocycles. The van der Waals surface area contributed by atoms with Crippen LogP contribution in [0.25, 0.3) is 0 Å². The van der Waals surface area contributed by atoms with Gasteiger partial charge < -0.3 is 4.74 Å². The van der Waals surface area contributed by atoms with Crippen molar-refractivity contribution < 1.29 is 18.3 Å². The Morgan fingerprint density at radius 3 is 2.50 bits per heavy atom. The second-order valence-electron chi connectivity index (χ2n) is 4.50. The van der Waals surface area contributed by atoms with Crippen molar-refractivity contribution in [1.82, 2.24) is 0 Å². The second kappa shape index (κ2) is 6.04. The molecule has 6 heteroatoms. The van der Waals surface area contributed by atoms with Gasteiger partial charge in [0.1, 0.15) is 5.60 Å². The first-order valence-electron chi connectivity index (χ1n) is 5.32. The highest BCUT2D eigenvalue weighted by Gasteiger charge is 2.18. The molecule has 1 amide bonds. The molecular weight excluding hydrogens is 260 g/mol. The van der Waals surface area contributed by atoms with Gasteiger partial charge in [-0.3, -0.25) is 5.32 Å². The van der Waals surface area contributed by atoms with Crippen molar-refractivity contribution >= 4 is 23.5 Å². The Labute approximate surface area is 109 Å². The van der Waals surface area contributed by atoms with Crippen LogP contribution in [0.15, 0.2) is 29.2 Å². The second-order valence-corrected chi connectivity index (χ2v) is 5.53. The number of para-hydroxylation sites is 1. The molecule has 0 aliphatic heterocycles. The molecule has 0 unspecified atom stereocenters. The number of anilines is 1. The molecule has 1 aromatic rings. The Kier molecular flexibility index (Phi) is 4.95. The number of nitrogens with one attached hydrogen (secondary N) is 1. The maximum absolute atomic E-state index is 12.3. The molecule has 0 atom stereocenters. The van der Waals surface area contributed by atoms with E-state index >= 15 is 0 Å². The van der Waals surface area contributed by atoms with Crippen LogP contribution in [0.1, 0.15) is 20.8 Å². The van der Waals surface area contributed by atoms with Gasteiger partial charge in [0.25, 0.3) is 5.76 Å². The number of halogens is 2. The zero-order valence-electron chi connectivity index (χ0n) is 10.4. The smallest absolute Gasteiger partial charge is 0.412 e. The summed E-state index contributed by atoms with van der Waals surface area (Å²) in [6, 6.07) is 6.35. The minimum atomic E-state index is -2.54. The average Bonchev–Trinajstić information content (AvgIpc) is 2.17. The molecule has 18 heavy (non-hydrogen) atoms. The summed E-state index contributed by atoms with van der Waals surface area (Å²) in [6.07, 6.45) is -0.662. The van der Waals surface area contributed by atoms with Crippen LogP contribution >= 0.6 is 11.8 Å². The normalized spacial score (nSPS) is 11.4. The number of amides is 1. The Bertz CT molecular complexity index is 419. The van der Waals surface area contributed by atoms with Crippen molar-refractivity contribution in [2.45, 2.75) is 37.0 Å². The van der Waals surface area contributed by atoms with Crippen LogP contribution in [0.4, 0.5) is 19.3 Å². The highest BCUT2D eigenvalue weighted by molar-refractivity contribution is 7.99. The fraction of sp³-hybridized carbons (Fsp3) is 0.417. The van der Waals surface area contributed by atoms with Gasteiger partial charge in [0.05, 0.1) is 5.69 Å². The number of rotatable bonds is 3. The van der Waals surface area contributed by atoms with E-state index < -0.39 is 17.5 Å². The lowest BCUT2D eigenvalue weighted by molar-refractivity contribution is 0.0635. The van der Waals surface area contributed by atoms with Crippen LogP contribution in [0.3, 0.4) is 0 Å². The van der Waals surface area contributed by atoms with E-state index in [9.17, 15) is 13.6 Å². The predicted molar refractivity (Wildman–Crippen MR) is 68.2 cm³/mol. The monoisotopic (exact) mass is 275 g/mol. The van der Waals surface area contributed by atoms with Crippen LogP contribution in [0, 0.1) is 0 Å². The summed E-state index contributed by atoms with van der Waals surface area (Å²) in [5.74, 6) is -2.54. The molecule has 0 spiro atoms. The summed E-state index contributed by atoms with van der Waals surface area (Å²) in [5.41, 5.74) is -0.313. The minimum absolute atomic E-state index is 0.304. The largest absolute Gasteiger partial charge is 0.444 e. The first kappa shape index (κ1) is 14.8. The minimum Gasteiger partial charge on any atom is -0.444 e. The third-order valence-electron chi connectivity index (χ3n) is 1.74. The van der Waals surface area contributed by atoms with Crippen molar-refractivity contribution in [2.75, 3.05) is 5.32 Å². The molecule has 0 aliphatic carbocycles. The van der Waals surface area contributed by atoms with Crippen molar-refractivity contribution in [2.24, 2.45) is 0 Å². The van der Waals surface area contributed by atoms with E-state index in [1.54, 1.807) is 39.0 Å². The van der Waals surface area contributed by atoms with Crippen molar-refractivity contribution in [1.29, 1.82) is 0 Å². The van der Waals surface area contributed by atoms with Gasteiger partial charge in [-0.1, -0.05) is 23.9 Å².